The second-order valence-corrected chi connectivity index (χ2v) is 5.02. The highest BCUT2D eigenvalue weighted by molar-refractivity contribution is 6.31. The summed E-state index contributed by atoms with van der Waals surface area (Å²) in [6.45, 7) is 4.68. The molecule has 0 aliphatic rings. The lowest BCUT2D eigenvalue weighted by Crippen LogP contribution is -2.09. The molecule has 1 rings (SSSR count). The molecule has 0 spiro atoms. The number of hydrogen-bond donors (Lipinski definition) is 0. The molecule has 0 aromatic heterocycles. The largest absolute Gasteiger partial charge is 0.493 e. The van der Waals surface area contributed by atoms with Crippen molar-refractivity contribution in [1.29, 1.82) is 0 Å². The van der Waals surface area contributed by atoms with Crippen LogP contribution >= 0.6 is 23.2 Å². The minimum absolute atomic E-state index is 0.0405. The SMILES string of the molecule is CC(C)COc1ccc(Cl)cc1C(=O)CCCl. The molecule has 0 saturated carbocycles. The second-order valence-electron chi connectivity index (χ2n) is 4.21. The van der Waals surface area contributed by atoms with Gasteiger partial charge in [0, 0.05) is 17.3 Å². The fraction of sp³-hybridized carbons (Fsp3) is 0.462. The van der Waals surface area contributed by atoms with Crippen LogP contribution in [0.2, 0.25) is 5.02 Å². The van der Waals surface area contributed by atoms with Gasteiger partial charge >= 0.3 is 0 Å². The van der Waals surface area contributed by atoms with Crippen molar-refractivity contribution in [3.63, 3.8) is 0 Å². The fourth-order valence-electron chi connectivity index (χ4n) is 1.32. The van der Waals surface area contributed by atoms with Crippen LogP contribution in [0.3, 0.4) is 0 Å². The Morgan fingerprint density at radius 3 is 2.71 bits per heavy atom. The number of ketones is 1. The Kier molecular flexibility index (Phi) is 5.79. The van der Waals surface area contributed by atoms with Crippen molar-refractivity contribution >= 4 is 29.0 Å². The van der Waals surface area contributed by atoms with E-state index in [-0.39, 0.29) is 5.78 Å². The van der Waals surface area contributed by atoms with Gasteiger partial charge in [0.25, 0.3) is 0 Å². The molecule has 0 fully saturated rings. The molecule has 0 saturated heterocycles. The maximum absolute atomic E-state index is 11.8. The number of halogens is 2. The van der Waals surface area contributed by atoms with E-state index < -0.39 is 0 Å². The molecule has 0 amide bonds. The average Bonchev–Trinajstić information content (AvgIpc) is 2.27. The van der Waals surface area contributed by atoms with Gasteiger partial charge in [0.05, 0.1) is 12.2 Å². The lowest BCUT2D eigenvalue weighted by Gasteiger charge is -2.12. The lowest BCUT2D eigenvalue weighted by molar-refractivity contribution is 0.0984. The van der Waals surface area contributed by atoms with E-state index in [0.29, 0.717) is 41.2 Å². The number of rotatable bonds is 6. The van der Waals surface area contributed by atoms with Gasteiger partial charge in [-0.1, -0.05) is 25.4 Å². The maximum Gasteiger partial charge on any atom is 0.167 e. The van der Waals surface area contributed by atoms with Crippen molar-refractivity contribution in [2.75, 3.05) is 12.5 Å². The number of benzene rings is 1. The quantitative estimate of drug-likeness (QED) is 0.575. The summed E-state index contributed by atoms with van der Waals surface area (Å²) in [6.07, 6.45) is 0.292. The monoisotopic (exact) mass is 274 g/mol. The standard InChI is InChI=1S/C13H16Cl2O2/c1-9(2)8-17-13-4-3-10(15)7-11(13)12(16)5-6-14/h3-4,7,9H,5-6,8H2,1-2H3. The summed E-state index contributed by atoms with van der Waals surface area (Å²) in [6, 6.07) is 5.08. The van der Waals surface area contributed by atoms with Gasteiger partial charge < -0.3 is 4.74 Å². The Morgan fingerprint density at radius 1 is 1.41 bits per heavy atom. The molecule has 0 atom stereocenters. The smallest absolute Gasteiger partial charge is 0.167 e. The highest BCUT2D eigenvalue weighted by atomic mass is 35.5. The van der Waals surface area contributed by atoms with Crippen LogP contribution < -0.4 is 4.74 Å². The van der Waals surface area contributed by atoms with Crippen molar-refractivity contribution < 1.29 is 9.53 Å². The normalized spacial score (nSPS) is 10.6. The van der Waals surface area contributed by atoms with Gasteiger partial charge in [-0.3, -0.25) is 4.79 Å². The Balaban J connectivity index is 2.91. The highest BCUT2D eigenvalue weighted by Gasteiger charge is 2.13. The van der Waals surface area contributed by atoms with Crippen LogP contribution in [0.25, 0.3) is 0 Å². The first kappa shape index (κ1) is 14.3. The van der Waals surface area contributed by atoms with Crippen LogP contribution in [0.1, 0.15) is 30.6 Å². The number of hydrogen-bond acceptors (Lipinski definition) is 2. The molecular weight excluding hydrogens is 259 g/mol. The van der Waals surface area contributed by atoms with Crippen LogP contribution in [0.4, 0.5) is 0 Å². The number of ether oxygens (including phenoxy) is 1. The summed E-state index contributed by atoms with van der Waals surface area (Å²) >= 11 is 11.5. The number of alkyl halides is 1. The van der Waals surface area contributed by atoms with Crippen LogP contribution in [0.15, 0.2) is 18.2 Å². The van der Waals surface area contributed by atoms with Gasteiger partial charge in [-0.25, -0.2) is 0 Å². The van der Waals surface area contributed by atoms with Crippen LogP contribution in [-0.4, -0.2) is 18.3 Å². The summed E-state index contributed by atoms with van der Waals surface area (Å²) in [5, 5.41) is 0.528. The predicted molar refractivity (Wildman–Crippen MR) is 71.5 cm³/mol. The first-order valence-corrected chi connectivity index (χ1v) is 6.47. The fourth-order valence-corrected chi connectivity index (χ4v) is 1.67. The molecule has 1 aromatic carbocycles. The molecule has 0 unspecified atom stereocenters. The molecule has 0 radical (unpaired) electrons. The van der Waals surface area contributed by atoms with Crippen molar-refractivity contribution in [3.05, 3.63) is 28.8 Å². The third kappa shape index (κ3) is 4.57. The summed E-state index contributed by atoms with van der Waals surface area (Å²) in [4.78, 5) is 11.8. The van der Waals surface area contributed by atoms with E-state index in [2.05, 4.69) is 13.8 Å². The summed E-state index contributed by atoms with van der Waals surface area (Å²) in [7, 11) is 0. The van der Waals surface area contributed by atoms with E-state index in [0.717, 1.165) is 0 Å². The van der Waals surface area contributed by atoms with E-state index in [9.17, 15) is 4.79 Å². The molecule has 0 aliphatic heterocycles. The predicted octanol–water partition coefficient (Wildman–Crippen LogP) is 4.19. The van der Waals surface area contributed by atoms with E-state index >= 15 is 0 Å². The van der Waals surface area contributed by atoms with E-state index in [1.807, 2.05) is 0 Å². The van der Waals surface area contributed by atoms with E-state index in [1.54, 1.807) is 18.2 Å². The van der Waals surface area contributed by atoms with Crippen LogP contribution in [0.5, 0.6) is 5.75 Å². The van der Waals surface area contributed by atoms with Gasteiger partial charge in [-0.2, -0.15) is 0 Å². The average molecular weight is 275 g/mol. The number of carbonyl (C=O) groups excluding carboxylic acids is 1. The van der Waals surface area contributed by atoms with Crippen molar-refractivity contribution in [2.45, 2.75) is 20.3 Å². The van der Waals surface area contributed by atoms with Gasteiger partial charge in [0.15, 0.2) is 5.78 Å². The third-order valence-electron chi connectivity index (χ3n) is 2.14. The lowest BCUT2D eigenvalue weighted by atomic mass is 10.1. The molecule has 0 aliphatic carbocycles. The van der Waals surface area contributed by atoms with Gasteiger partial charge in [-0.05, 0) is 24.1 Å². The Bertz CT molecular complexity index is 389. The first-order chi connectivity index (χ1) is 8.04. The molecule has 2 nitrogen and oxygen atoms in total. The van der Waals surface area contributed by atoms with Crippen LogP contribution in [0, 0.1) is 5.92 Å². The van der Waals surface area contributed by atoms with Gasteiger partial charge in [0.2, 0.25) is 0 Å². The number of Topliss-reactive ketones (excluding diaryl/α,β-unsaturated/α-hetero) is 1. The maximum atomic E-state index is 11.8. The summed E-state index contributed by atoms with van der Waals surface area (Å²) in [5.74, 6) is 1.25. The molecule has 94 valence electrons. The Morgan fingerprint density at radius 2 is 2.12 bits per heavy atom. The molecule has 0 heterocycles. The third-order valence-corrected chi connectivity index (χ3v) is 2.56. The van der Waals surface area contributed by atoms with Crippen molar-refractivity contribution in [3.8, 4) is 5.75 Å². The Labute approximate surface area is 112 Å². The molecule has 0 N–H and O–H groups in total. The summed E-state index contributed by atoms with van der Waals surface area (Å²) < 4.78 is 5.60. The van der Waals surface area contributed by atoms with E-state index in [1.165, 1.54) is 0 Å². The topological polar surface area (TPSA) is 26.3 Å². The van der Waals surface area contributed by atoms with Crippen molar-refractivity contribution in [2.24, 2.45) is 5.92 Å². The minimum Gasteiger partial charge on any atom is -0.493 e. The van der Waals surface area contributed by atoms with E-state index in [4.69, 9.17) is 27.9 Å². The zero-order valence-corrected chi connectivity index (χ0v) is 11.5. The zero-order valence-electron chi connectivity index (χ0n) is 10.0. The Hall–Kier alpha value is -0.730. The van der Waals surface area contributed by atoms with Crippen molar-refractivity contribution in [1.82, 2.24) is 0 Å². The molecule has 4 heteroatoms. The van der Waals surface area contributed by atoms with Gasteiger partial charge in [0.1, 0.15) is 5.75 Å². The molecule has 17 heavy (non-hydrogen) atoms. The first-order valence-electron chi connectivity index (χ1n) is 5.56. The molecular formula is C13H16Cl2O2. The summed E-state index contributed by atoms with van der Waals surface area (Å²) in [5.41, 5.74) is 0.513. The number of carbonyl (C=O) groups is 1. The molecule has 1 aromatic rings. The van der Waals surface area contributed by atoms with Crippen LogP contribution in [-0.2, 0) is 0 Å². The van der Waals surface area contributed by atoms with Gasteiger partial charge in [-0.15, -0.1) is 11.6 Å². The zero-order chi connectivity index (χ0) is 12.8. The highest BCUT2D eigenvalue weighted by Crippen LogP contribution is 2.24. The second kappa shape index (κ2) is 6.87. The molecule has 0 bridgehead atoms. The minimum atomic E-state index is -0.0405.